The van der Waals surface area contributed by atoms with E-state index in [9.17, 15) is 4.79 Å². The Hall–Kier alpha value is -0.650. The summed E-state index contributed by atoms with van der Waals surface area (Å²) in [6, 6.07) is 0. The van der Waals surface area contributed by atoms with E-state index in [2.05, 4.69) is 5.32 Å². The van der Waals surface area contributed by atoms with E-state index < -0.39 is 0 Å². The van der Waals surface area contributed by atoms with Gasteiger partial charge in [0, 0.05) is 26.2 Å². The molecular formula is C11H20N2O3. The van der Waals surface area contributed by atoms with E-state index in [1.165, 1.54) is 0 Å². The summed E-state index contributed by atoms with van der Waals surface area (Å²) in [6.07, 6.45) is 1.11. The van der Waals surface area contributed by atoms with Crippen molar-refractivity contribution < 1.29 is 14.3 Å². The van der Waals surface area contributed by atoms with Crippen molar-refractivity contribution in [1.82, 2.24) is 10.2 Å². The van der Waals surface area contributed by atoms with Crippen molar-refractivity contribution in [2.45, 2.75) is 6.42 Å². The predicted octanol–water partition coefficient (Wildman–Crippen LogP) is -0.529. The van der Waals surface area contributed by atoms with Crippen LogP contribution in [0.1, 0.15) is 6.42 Å². The highest BCUT2D eigenvalue weighted by Crippen LogP contribution is 2.10. The van der Waals surface area contributed by atoms with Crippen LogP contribution in [0.4, 0.5) is 0 Å². The number of hydrogen-bond donors (Lipinski definition) is 1. The second-order valence-electron chi connectivity index (χ2n) is 4.35. The summed E-state index contributed by atoms with van der Waals surface area (Å²) in [5.41, 5.74) is 0. The van der Waals surface area contributed by atoms with Gasteiger partial charge in [-0.1, -0.05) is 0 Å². The molecule has 2 aliphatic heterocycles. The zero-order chi connectivity index (χ0) is 11.2. The van der Waals surface area contributed by atoms with Gasteiger partial charge in [-0.15, -0.1) is 0 Å². The highest BCUT2D eigenvalue weighted by molar-refractivity contribution is 5.78. The SMILES string of the molecule is O=C(CNCC1CCOC1)N1CCOCC1. The molecule has 0 aliphatic carbocycles. The van der Waals surface area contributed by atoms with Gasteiger partial charge in [-0.25, -0.2) is 0 Å². The Balaban J connectivity index is 1.59. The fourth-order valence-corrected chi connectivity index (χ4v) is 2.05. The van der Waals surface area contributed by atoms with Crippen LogP contribution >= 0.6 is 0 Å². The fourth-order valence-electron chi connectivity index (χ4n) is 2.05. The maximum Gasteiger partial charge on any atom is 0.236 e. The molecule has 92 valence electrons. The third-order valence-corrected chi connectivity index (χ3v) is 3.10. The van der Waals surface area contributed by atoms with E-state index in [0.29, 0.717) is 25.7 Å². The monoisotopic (exact) mass is 228 g/mol. The molecule has 5 heteroatoms. The summed E-state index contributed by atoms with van der Waals surface area (Å²) in [7, 11) is 0. The van der Waals surface area contributed by atoms with Crippen LogP contribution in [0.3, 0.4) is 0 Å². The number of amides is 1. The Labute approximate surface area is 96.1 Å². The number of carbonyl (C=O) groups excluding carboxylic acids is 1. The molecule has 2 saturated heterocycles. The number of ether oxygens (including phenoxy) is 2. The van der Waals surface area contributed by atoms with Crippen LogP contribution in [0.2, 0.25) is 0 Å². The van der Waals surface area contributed by atoms with Gasteiger partial charge in [0.1, 0.15) is 0 Å². The van der Waals surface area contributed by atoms with E-state index in [-0.39, 0.29) is 5.91 Å². The molecule has 0 aromatic rings. The maximum atomic E-state index is 11.7. The normalized spacial score (nSPS) is 26.0. The smallest absolute Gasteiger partial charge is 0.236 e. The van der Waals surface area contributed by atoms with Gasteiger partial charge in [-0.05, 0) is 12.3 Å². The average molecular weight is 228 g/mol. The third kappa shape index (κ3) is 3.43. The van der Waals surface area contributed by atoms with E-state index >= 15 is 0 Å². The summed E-state index contributed by atoms with van der Waals surface area (Å²) in [5, 5.41) is 3.21. The van der Waals surface area contributed by atoms with E-state index in [1.54, 1.807) is 0 Å². The summed E-state index contributed by atoms with van der Waals surface area (Å²) in [4.78, 5) is 13.6. The molecule has 1 atom stereocenters. The second kappa shape index (κ2) is 6.18. The number of rotatable bonds is 4. The van der Waals surface area contributed by atoms with Crippen molar-refractivity contribution in [2.24, 2.45) is 5.92 Å². The molecule has 1 unspecified atom stereocenters. The van der Waals surface area contributed by atoms with E-state index in [1.807, 2.05) is 4.90 Å². The van der Waals surface area contributed by atoms with Crippen molar-refractivity contribution in [1.29, 1.82) is 0 Å². The number of carbonyl (C=O) groups is 1. The standard InChI is InChI=1S/C11H20N2O3/c14-11(13-2-5-15-6-3-13)8-12-7-10-1-4-16-9-10/h10,12H,1-9H2. The molecule has 2 aliphatic rings. The van der Waals surface area contributed by atoms with Gasteiger partial charge in [-0.3, -0.25) is 4.79 Å². The molecular weight excluding hydrogens is 208 g/mol. The fraction of sp³-hybridized carbons (Fsp3) is 0.909. The molecule has 0 aromatic carbocycles. The van der Waals surface area contributed by atoms with Crippen molar-refractivity contribution in [3.63, 3.8) is 0 Å². The van der Waals surface area contributed by atoms with E-state index in [4.69, 9.17) is 9.47 Å². The number of nitrogens with zero attached hydrogens (tertiary/aromatic N) is 1. The summed E-state index contributed by atoms with van der Waals surface area (Å²) in [5.74, 6) is 0.764. The Morgan fingerprint density at radius 3 is 2.75 bits per heavy atom. The van der Waals surface area contributed by atoms with Crippen LogP contribution in [0.25, 0.3) is 0 Å². The summed E-state index contributed by atoms with van der Waals surface area (Å²) >= 11 is 0. The van der Waals surface area contributed by atoms with Gasteiger partial charge in [0.15, 0.2) is 0 Å². The molecule has 1 N–H and O–H groups in total. The molecule has 0 spiro atoms. The zero-order valence-electron chi connectivity index (χ0n) is 9.61. The summed E-state index contributed by atoms with van der Waals surface area (Å²) < 4.78 is 10.5. The lowest BCUT2D eigenvalue weighted by atomic mass is 10.1. The zero-order valence-corrected chi connectivity index (χ0v) is 9.61. The van der Waals surface area contributed by atoms with Crippen LogP contribution < -0.4 is 5.32 Å². The maximum absolute atomic E-state index is 11.7. The lowest BCUT2D eigenvalue weighted by Gasteiger charge is -2.27. The Bertz CT molecular complexity index is 223. The lowest BCUT2D eigenvalue weighted by molar-refractivity contribution is -0.134. The van der Waals surface area contributed by atoms with Crippen molar-refractivity contribution >= 4 is 5.91 Å². The van der Waals surface area contributed by atoms with Crippen LogP contribution in [0.5, 0.6) is 0 Å². The first-order valence-corrected chi connectivity index (χ1v) is 6.00. The third-order valence-electron chi connectivity index (χ3n) is 3.10. The Morgan fingerprint density at radius 1 is 1.25 bits per heavy atom. The molecule has 2 fully saturated rings. The molecule has 0 bridgehead atoms. The van der Waals surface area contributed by atoms with Crippen LogP contribution in [-0.2, 0) is 14.3 Å². The van der Waals surface area contributed by atoms with Crippen LogP contribution in [0, 0.1) is 5.92 Å². The first kappa shape index (κ1) is 11.8. The van der Waals surface area contributed by atoms with Crippen LogP contribution in [0.15, 0.2) is 0 Å². The second-order valence-corrected chi connectivity index (χ2v) is 4.35. The molecule has 2 rings (SSSR count). The van der Waals surface area contributed by atoms with Gasteiger partial charge in [0.05, 0.1) is 26.4 Å². The van der Waals surface area contributed by atoms with E-state index in [0.717, 1.165) is 39.3 Å². The topological polar surface area (TPSA) is 50.8 Å². The van der Waals surface area contributed by atoms with Gasteiger partial charge in [0.2, 0.25) is 5.91 Å². The van der Waals surface area contributed by atoms with Crippen LogP contribution in [-0.4, -0.2) is 63.4 Å². The molecule has 5 nitrogen and oxygen atoms in total. The highest BCUT2D eigenvalue weighted by Gasteiger charge is 2.18. The Morgan fingerprint density at radius 2 is 2.06 bits per heavy atom. The minimum Gasteiger partial charge on any atom is -0.381 e. The molecule has 16 heavy (non-hydrogen) atoms. The molecule has 0 radical (unpaired) electrons. The highest BCUT2D eigenvalue weighted by atomic mass is 16.5. The largest absolute Gasteiger partial charge is 0.381 e. The van der Waals surface area contributed by atoms with Gasteiger partial charge < -0.3 is 19.7 Å². The average Bonchev–Trinajstić information content (AvgIpc) is 2.83. The minimum atomic E-state index is 0.183. The van der Waals surface area contributed by atoms with Gasteiger partial charge in [0.25, 0.3) is 0 Å². The van der Waals surface area contributed by atoms with Crippen molar-refractivity contribution in [3.8, 4) is 0 Å². The summed E-state index contributed by atoms with van der Waals surface area (Å²) in [6.45, 7) is 5.82. The van der Waals surface area contributed by atoms with Gasteiger partial charge >= 0.3 is 0 Å². The first-order chi connectivity index (χ1) is 7.86. The molecule has 0 aromatic heterocycles. The molecule has 2 heterocycles. The lowest BCUT2D eigenvalue weighted by Crippen LogP contribution is -2.45. The number of hydrogen-bond acceptors (Lipinski definition) is 4. The van der Waals surface area contributed by atoms with Crippen molar-refractivity contribution in [2.75, 3.05) is 52.6 Å². The molecule has 1 amide bonds. The number of morpholine rings is 1. The minimum absolute atomic E-state index is 0.183. The number of nitrogens with one attached hydrogen (secondary N) is 1. The van der Waals surface area contributed by atoms with Gasteiger partial charge in [-0.2, -0.15) is 0 Å². The first-order valence-electron chi connectivity index (χ1n) is 6.00. The molecule has 0 saturated carbocycles. The van der Waals surface area contributed by atoms with Crippen molar-refractivity contribution in [3.05, 3.63) is 0 Å². The predicted molar refractivity (Wildman–Crippen MR) is 59.2 cm³/mol. The quantitative estimate of drug-likeness (QED) is 0.703. The Kier molecular flexibility index (Phi) is 4.56.